The van der Waals surface area contributed by atoms with Gasteiger partial charge >= 0.3 is 28.4 Å². The first-order valence-corrected chi connectivity index (χ1v) is 19.9. The second-order valence-electron chi connectivity index (χ2n) is 16.4. The van der Waals surface area contributed by atoms with Gasteiger partial charge in [0.05, 0.1) is 0 Å². The molecule has 1 atom stereocenters. The normalized spacial score (nSPS) is 13.6. The molecule has 6 rings (SSSR count). The molecule has 0 spiro atoms. The summed E-state index contributed by atoms with van der Waals surface area (Å²) >= 11 is 1.30. The summed E-state index contributed by atoms with van der Waals surface area (Å²) in [5.41, 5.74) is 13.1. The molecule has 282 valence electrons. The third-order valence-corrected chi connectivity index (χ3v) is 8.86. The van der Waals surface area contributed by atoms with Gasteiger partial charge in [-0.15, -0.1) is 30.4 Å². The average Bonchev–Trinajstić information content (AvgIpc) is 3.70. The van der Waals surface area contributed by atoms with E-state index < -0.39 is 0 Å². The van der Waals surface area contributed by atoms with Crippen molar-refractivity contribution < 1.29 is 24.2 Å². The van der Waals surface area contributed by atoms with Crippen molar-refractivity contribution in [2.75, 3.05) is 0 Å². The maximum absolute atomic E-state index is 3.53. The van der Waals surface area contributed by atoms with Gasteiger partial charge in [-0.2, -0.15) is 113 Å². The van der Waals surface area contributed by atoms with E-state index in [9.17, 15) is 0 Å². The van der Waals surface area contributed by atoms with Gasteiger partial charge in [0.25, 0.3) is 0 Å². The fourth-order valence-corrected chi connectivity index (χ4v) is 5.49. The van der Waals surface area contributed by atoms with E-state index in [2.05, 4.69) is 154 Å². The van der Waals surface area contributed by atoms with E-state index in [4.69, 9.17) is 0 Å². The molecule has 0 aliphatic heterocycles. The monoisotopic (exact) mass is 812 g/mol. The number of hydrogen-bond donors (Lipinski definition) is 0. The van der Waals surface area contributed by atoms with Crippen LogP contribution in [0.1, 0.15) is 122 Å². The molecule has 0 nitrogen and oxygen atoms in total. The van der Waals surface area contributed by atoms with Crippen molar-refractivity contribution in [3.63, 3.8) is 0 Å². The molecule has 0 saturated heterocycles. The molecule has 0 heterocycles. The molecule has 1 unspecified atom stereocenters. The number of benzene rings is 4. The Bertz CT molecular complexity index is 1550. The molecular weight excluding hydrogens is 751 g/mol. The Hall–Kier alpha value is -2.31. The molecule has 2 aliphatic rings. The van der Waals surface area contributed by atoms with Gasteiger partial charge in [-0.05, 0) is 17.4 Å². The van der Waals surface area contributed by atoms with Gasteiger partial charge < -0.3 is 0 Å². The van der Waals surface area contributed by atoms with Gasteiger partial charge in [-0.25, -0.2) is 6.08 Å². The van der Waals surface area contributed by atoms with E-state index in [-0.39, 0.29) is 35.6 Å². The molecule has 0 bridgehead atoms. The molecule has 0 aromatic heterocycles. The number of fused-ring (bicyclic) bond motifs is 3. The van der Waals surface area contributed by atoms with Crippen LogP contribution in [0.25, 0.3) is 11.1 Å². The van der Waals surface area contributed by atoms with Crippen LogP contribution in [0.15, 0.2) is 96.6 Å². The number of rotatable bonds is 3. The standard InChI is InChI=1S/C21H25.C13H21.2C7H7.CH2.2ClH.Zr/c1-20(2,3)16-9-7-14-11-15-8-10-17(21(4,5)6)13-19(15)18(14)12-16;1-5-6-7-11-8-9-12(10-11)13(2,3)4;2*1-7-5-3-2-4-6-7;;;;/h7,9-10,12-13H,11H2,1-6H3;9-11H,5-7H2,1-4H3;2*3-6H,1H3;1H2;2*1H;/q4*-1;;;;. The van der Waals surface area contributed by atoms with Crippen LogP contribution in [0, 0.1) is 49.5 Å². The fourth-order valence-electron chi connectivity index (χ4n) is 5.49. The van der Waals surface area contributed by atoms with Gasteiger partial charge in [0.1, 0.15) is 0 Å². The first-order valence-electron chi connectivity index (χ1n) is 18.2. The average molecular weight is 815 g/mol. The number of hydrogen-bond acceptors (Lipinski definition) is 0. The van der Waals surface area contributed by atoms with Crippen molar-refractivity contribution in [2.24, 2.45) is 11.3 Å². The van der Waals surface area contributed by atoms with E-state index in [1.807, 2.05) is 48.5 Å². The van der Waals surface area contributed by atoms with Crippen molar-refractivity contribution in [3.05, 3.63) is 154 Å². The SMILES string of the molecule is CC(C)(C)c1c[c-]c2c(c1)-c1cc(C(C)(C)C)ccc1C2.CCCCC1[C-]=CC(C(C)(C)C)=C1.Cc1cc[c-]cc1.Cc1cc[c-]cc1.Cl.Cl.[CH2]=[Zr]. The summed E-state index contributed by atoms with van der Waals surface area (Å²) in [5.74, 6) is 0.592. The Kier molecular flexibility index (Phi) is 22.4. The topological polar surface area (TPSA) is 0 Å². The van der Waals surface area contributed by atoms with Crippen LogP contribution >= 0.6 is 24.8 Å². The molecule has 0 fully saturated rings. The van der Waals surface area contributed by atoms with Crippen LogP contribution in [0.3, 0.4) is 0 Å². The van der Waals surface area contributed by atoms with Crippen LogP contribution in [0.2, 0.25) is 0 Å². The second-order valence-corrected chi connectivity index (χ2v) is 16.4. The van der Waals surface area contributed by atoms with Gasteiger partial charge in [0, 0.05) is 0 Å². The van der Waals surface area contributed by atoms with Gasteiger partial charge in [0.2, 0.25) is 0 Å². The maximum atomic E-state index is 3.53. The van der Waals surface area contributed by atoms with Crippen molar-refractivity contribution in [1.82, 2.24) is 0 Å². The summed E-state index contributed by atoms with van der Waals surface area (Å²) in [6, 6.07) is 36.7. The molecule has 3 heteroatoms. The van der Waals surface area contributed by atoms with Gasteiger partial charge in [-0.1, -0.05) is 148 Å². The number of halogens is 2. The molecule has 0 amide bonds. The summed E-state index contributed by atoms with van der Waals surface area (Å²) in [6.45, 7) is 26.8. The molecule has 2 aliphatic carbocycles. The molecular formula is C49H64Cl2Zr-4. The van der Waals surface area contributed by atoms with E-state index in [1.54, 1.807) is 0 Å². The number of unbranched alkanes of at least 4 members (excludes halogenated alkanes) is 1. The summed E-state index contributed by atoms with van der Waals surface area (Å²) in [5, 5.41) is 0. The Morgan fingerprint density at radius 1 is 0.692 bits per heavy atom. The third kappa shape index (κ3) is 16.8. The molecule has 0 N–H and O–H groups in total. The molecule has 0 radical (unpaired) electrons. The fraction of sp³-hybridized carbons (Fsp3) is 0.408. The quantitative estimate of drug-likeness (QED) is 0.159. The van der Waals surface area contributed by atoms with Crippen molar-refractivity contribution in [3.8, 4) is 11.1 Å². The first kappa shape index (κ1) is 49.7. The van der Waals surface area contributed by atoms with Crippen LogP contribution < -0.4 is 0 Å². The minimum atomic E-state index is 0. The minimum absolute atomic E-state index is 0. The van der Waals surface area contributed by atoms with Crippen LogP contribution in [-0.4, -0.2) is 4.21 Å². The Labute approximate surface area is 347 Å². The summed E-state index contributed by atoms with van der Waals surface area (Å²) in [6.07, 6.45) is 12.9. The third-order valence-electron chi connectivity index (χ3n) is 8.86. The van der Waals surface area contributed by atoms with Gasteiger partial charge in [0.15, 0.2) is 0 Å². The second kappa shape index (κ2) is 23.5. The molecule has 52 heavy (non-hydrogen) atoms. The number of allylic oxidation sites excluding steroid dienone is 4. The predicted molar refractivity (Wildman–Crippen MR) is 231 cm³/mol. The summed E-state index contributed by atoms with van der Waals surface area (Å²) in [7, 11) is 0. The molecule has 0 saturated carbocycles. The Balaban J connectivity index is 0.000000717. The zero-order chi connectivity index (χ0) is 37.5. The Morgan fingerprint density at radius 2 is 1.19 bits per heavy atom. The van der Waals surface area contributed by atoms with E-state index in [0.29, 0.717) is 11.3 Å². The van der Waals surface area contributed by atoms with Crippen LogP contribution in [0.5, 0.6) is 0 Å². The molecule has 4 aromatic carbocycles. The summed E-state index contributed by atoms with van der Waals surface area (Å²) in [4.78, 5) is 0. The molecule has 4 aromatic rings. The predicted octanol–water partition coefficient (Wildman–Crippen LogP) is 14.2. The van der Waals surface area contributed by atoms with E-state index in [0.717, 1.165) is 6.42 Å². The van der Waals surface area contributed by atoms with Crippen molar-refractivity contribution in [2.45, 2.75) is 120 Å². The van der Waals surface area contributed by atoms with Crippen LogP contribution in [0.4, 0.5) is 0 Å². The first-order chi connectivity index (χ1) is 23.5. The zero-order valence-corrected chi connectivity index (χ0v) is 38.2. The zero-order valence-electron chi connectivity index (χ0n) is 34.1. The Morgan fingerprint density at radius 3 is 1.60 bits per heavy atom. The number of aryl methyl sites for hydroxylation is 2. The van der Waals surface area contributed by atoms with E-state index >= 15 is 0 Å². The van der Waals surface area contributed by atoms with Gasteiger partial charge in [-0.3, -0.25) is 6.08 Å². The van der Waals surface area contributed by atoms with Crippen molar-refractivity contribution in [1.29, 1.82) is 0 Å². The van der Waals surface area contributed by atoms with Crippen LogP contribution in [-0.2, 0) is 41.5 Å². The van der Waals surface area contributed by atoms with Crippen molar-refractivity contribution >= 4 is 29.0 Å². The summed E-state index contributed by atoms with van der Waals surface area (Å²) < 4.78 is 3.34. The van der Waals surface area contributed by atoms with E-state index in [1.165, 1.54) is 93.6 Å².